The predicted molar refractivity (Wildman–Crippen MR) is 73.7 cm³/mol. The highest BCUT2D eigenvalue weighted by Crippen LogP contribution is 2.28. The smallest absolute Gasteiger partial charge is 0.261 e. The number of likely N-dealkylation sites (tertiary alicyclic amines) is 1. The van der Waals surface area contributed by atoms with Crippen LogP contribution in [0.3, 0.4) is 0 Å². The second-order valence-electron chi connectivity index (χ2n) is 4.82. The molecule has 1 aliphatic heterocycles. The maximum Gasteiger partial charge on any atom is 0.261 e. The van der Waals surface area contributed by atoms with Gasteiger partial charge < -0.3 is 25.6 Å². The maximum atomic E-state index is 12.3. The molecule has 1 saturated heterocycles. The second-order valence-corrected chi connectivity index (χ2v) is 4.82. The standard InChI is InChI=1S/C14H20N2O4/c15-6-9-20-10-4-7-16(8-5-10)14(19)13-11(17)2-1-3-12(13)18/h1-3,10,17-18H,4-9,15H2. The number of nitrogens with two attached hydrogens (primary N) is 1. The zero-order valence-electron chi connectivity index (χ0n) is 11.3. The number of hydrogen-bond acceptors (Lipinski definition) is 5. The first-order valence-electron chi connectivity index (χ1n) is 6.75. The van der Waals surface area contributed by atoms with Gasteiger partial charge in [-0.1, -0.05) is 6.07 Å². The van der Waals surface area contributed by atoms with Gasteiger partial charge in [0.1, 0.15) is 17.1 Å². The number of ether oxygens (including phenoxy) is 1. The Labute approximate surface area is 117 Å². The largest absolute Gasteiger partial charge is 0.507 e. The molecule has 0 saturated carbocycles. The van der Waals surface area contributed by atoms with Crippen molar-refractivity contribution in [2.75, 3.05) is 26.2 Å². The summed E-state index contributed by atoms with van der Waals surface area (Å²) in [6, 6.07) is 4.28. The first kappa shape index (κ1) is 14.6. The fourth-order valence-corrected chi connectivity index (χ4v) is 2.37. The number of phenolic OH excluding ortho intramolecular Hbond substituents is 2. The van der Waals surface area contributed by atoms with Gasteiger partial charge in [-0.15, -0.1) is 0 Å². The van der Waals surface area contributed by atoms with Gasteiger partial charge in [0.2, 0.25) is 0 Å². The van der Waals surface area contributed by atoms with Gasteiger partial charge in [-0.2, -0.15) is 0 Å². The molecule has 0 radical (unpaired) electrons. The zero-order chi connectivity index (χ0) is 14.5. The van der Waals surface area contributed by atoms with E-state index in [4.69, 9.17) is 10.5 Å². The number of carbonyl (C=O) groups excluding carboxylic acids is 1. The molecule has 0 atom stereocenters. The highest BCUT2D eigenvalue weighted by molar-refractivity contribution is 5.99. The molecule has 1 aromatic carbocycles. The molecule has 6 heteroatoms. The lowest BCUT2D eigenvalue weighted by molar-refractivity contribution is 0.0120. The summed E-state index contributed by atoms with van der Waals surface area (Å²) in [5, 5.41) is 19.4. The molecule has 2 rings (SSSR count). The zero-order valence-corrected chi connectivity index (χ0v) is 11.3. The predicted octanol–water partition coefficient (Wildman–Crippen LogP) is 0.678. The number of nitrogens with zero attached hydrogens (tertiary/aromatic N) is 1. The Kier molecular flexibility index (Phi) is 4.81. The summed E-state index contributed by atoms with van der Waals surface area (Å²) < 4.78 is 5.55. The van der Waals surface area contributed by atoms with Gasteiger partial charge in [0.05, 0.1) is 12.7 Å². The molecule has 1 aromatic rings. The number of benzene rings is 1. The first-order chi connectivity index (χ1) is 9.63. The Bertz CT molecular complexity index is 450. The van der Waals surface area contributed by atoms with Crippen LogP contribution in [0.5, 0.6) is 11.5 Å². The molecule has 20 heavy (non-hydrogen) atoms. The van der Waals surface area contributed by atoms with Crippen molar-refractivity contribution in [1.82, 2.24) is 4.90 Å². The summed E-state index contributed by atoms with van der Waals surface area (Å²) in [6.07, 6.45) is 1.60. The molecule has 4 N–H and O–H groups in total. The number of piperidine rings is 1. The summed E-state index contributed by atoms with van der Waals surface area (Å²) in [6.45, 7) is 2.10. The topological polar surface area (TPSA) is 96.0 Å². The van der Waals surface area contributed by atoms with Crippen LogP contribution in [0.1, 0.15) is 23.2 Å². The molecule has 110 valence electrons. The minimum absolute atomic E-state index is 0.0335. The van der Waals surface area contributed by atoms with E-state index in [9.17, 15) is 15.0 Å². The highest BCUT2D eigenvalue weighted by Gasteiger charge is 2.27. The Morgan fingerprint density at radius 1 is 1.30 bits per heavy atom. The van der Waals surface area contributed by atoms with E-state index in [0.29, 0.717) is 26.2 Å². The van der Waals surface area contributed by atoms with E-state index in [1.54, 1.807) is 4.90 Å². The number of aromatic hydroxyl groups is 2. The normalized spacial score (nSPS) is 16.4. The third kappa shape index (κ3) is 3.20. The van der Waals surface area contributed by atoms with Gasteiger partial charge in [-0.25, -0.2) is 0 Å². The third-order valence-corrected chi connectivity index (χ3v) is 3.43. The SMILES string of the molecule is NCCOC1CCN(C(=O)c2c(O)cccc2O)CC1. The van der Waals surface area contributed by atoms with Gasteiger partial charge in [-0.05, 0) is 25.0 Å². The number of hydrogen-bond donors (Lipinski definition) is 3. The van der Waals surface area contributed by atoms with Gasteiger partial charge in [0.15, 0.2) is 0 Å². The van der Waals surface area contributed by atoms with E-state index in [-0.39, 0.29) is 29.1 Å². The van der Waals surface area contributed by atoms with Crippen LogP contribution in [-0.4, -0.2) is 53.4 Å². The fourth-order valence-electron chi connectivity index (χ4n) is 2.37. The Hall–Kier alpha value is -1.79. The first-order valence-corrected chi connectivity index (χ1v) is 6.75. The summed E-state index contributed by atoms with van der Waals surface area (Å²) in [4.78, 5) is 13.9. The minimum atomic E-state index is -0.349. The van der Waals surface area contributed by atoms with Crippen LogP contribution >= 0.6 is 0 Å². The molecule has 0 bridgehead atoms. The Morgan fingerprint density at radius 3 is 2.45 bits per heavy atom. The molecule has 0 unspecified atom stereocenters. The molecule has 6 nitrogen and oxygen atoms in total. The average Bonchev–Trinajstić information content (AvgIpc) is 2.45. The van der Waals surface area contributed by atoms with Crippen molar-refractivity contribution >= 4 is 5.91 Å². The second kappa shape index (κ2) is 6.58. The molecular weight excluding hydrogens is 260 g/mol. The van der Waals surface area contributed by atoms with Crippen LogP contribution in [0.25, 0.3) is 0 Å². The van der Waals surface area contributed by atoms with E-state index in [0.717, 1.165) is 12.8 Å². The summed E-state index contributed by atoms with van der Waals surface area (Å²) in [5.41, 5.74) is 5.35. The van der Waals surface area contributed by atoms with Crippen molar-refractivity contribution in [3.63, 3.8) is 0 Å². The molecule has 1 amide bonds. The van der Waals surface area contributed by atoms with Crippen LogP contribution in [0.4, 0.5) is 0 Å². The molecule has 1 heterocycles. The van der Waals surface area contributed by atoms with E-state index in [1.807, 2.05) is 0 Å². The lowest BCUT2D eigenvalue weighted by Gasteiger charge is -2.32. The van der Waals surface area contributed by atoms with E-state index in [1.165, 1.54) is 18.2 Å². The average molecular weight is 280 g/mol. The maximum absolute atomic E-state index is 12.3. The Morgan fingerprint density at radius 2 is 1.90 bits per heavy atom. The number of amides is 1. The van der Waals surface area contributed by atoms with Gasteiger partial charge >= 0.3 is 0 Å². The lowest BCUT2D eigenvalue weighted by Crippen LogP contribution is -2.41. The summed E-state index contributed by atoms with van der Waals surface area (Å²) >= 11 is 0. The summed E-state index contributed by atoms with van der Waals surface area (Å²) in [5.74, 6) is -0.745. The molecule has 0 aromatic heterocycles. The number of carbonyl (C=O) groups is 1. The van der Waals surface area contributed by atoms with E-state index >= 15 is 0 Å². The van der Waals surface area contributed by atoms with Crippen molar-refractivity contribution in [3.05, 3.63) is 23.8 Å². The van der Waals surface area contributed by atoms with Crippen LogP contribution in [0, 0.1) is 0 Å². The lowest BCUT2D eigenvalue weighted by atomic mass is 10.1. The highest BCUT2D eigenvalue weighted by atomic mass is 16.5. The summed E-state index contributed by atoms with van der Waals surface area (Å²) in [7, 11) is 0. The van der Waals surface area contributed by atoms with E-state index in [2.05, 4.69) is 0 Å². The number of phenols is 2. The van der Waals surface area contributed by atoms with Crippen LogP contribution in [0.15, 0.2) is 18.2 Å². The van der Waals surface area contributed by atoms with Gasteiger partial charge in [0.25, 0.3) is 5.91 Å². The van der Waals surface area contributed by atoms with Crippen molar-refractivity contribution in [2.45, 2.75) is 18.9 Å². The molecule has 1 fully saturated rings. The molecule has 1 aliphatic rings. The number of rotatable bonds is 4. The fraction of sp³-hybridized carbons (Fsp3) is 0.500. The van der Waals surface area contributed by atoms with Gasteiger partial charge in [-0.3, -0.25) is 4.79 Å². The molecule has 0 spiro atoms. The molecular formula is C14H20N2O4. The van der Waals surface area contributed by atoms with Crippen molar-refractivity contribution < 1.29 is 19.7 Å². The Balaban J connectivity index is 1.98. The van der Waals surface area contributed by atoms with Crippen molar-refractivity contribution in [1.29, 1.82) is 0 Å². The molecule has 0 aliphatic carbocycles. The van der Waals surface area contributed by atoms with Crippen LogP contribution in [-0.2, 0) is 4.74 Å². The quantitative estimate of drug-likeness (QED) is 0.753. The third-order valence-electron chi connectivity index (χ3n) is 3.43. The van der Waals surface area contributed by atoms with Gasteiger partial charge in [0, 0.05) is 19.6 Å². The van der Waals surface area contributed by atoms with Crippen LogP contribution in [0.2, 0.25) is 0 Å². The monoisotopic (exact) mass is 280 g/mol. The van der Waals surface area contributed by atoms with Crippen LogP contribution < -0.4 is 5.73 Å². The van der Waals surface area contributed by atoms with E-state index < -0.39 is 0 Å². The van der Waals surface area contributed by atoms with Crippen molar-refractivity contribution in [3.8, 4) is 11.5 Å². The minimum Gasteiger partial charge on any atom is -0.507 e. The van der Waals surface area contributed by atoms with Crippen molar-refractivity contribution in [2.24, 2.45) is 5.73 Å².